The number of carbonyl (C=O) groups excluding carboxylic acids is 6. The van der Waals surface area contributed by atoms with Crippen molar-refractivity contribution in [1.29, 1.82) is 0 Å². The van der Waals surface area contributed by atoms with Crippen LogP contribution in [0.15, 0.2) is 0 Å². The quantitative estimate of drug-likeness (QED) is 0.103. The number of aliphatic hydroxyl groups is 1. The third kappa shape index (κ3) is 14.0. The fourth-order valence-corrected chi connectivity index (χ4v) is 9.44. The number of ether oxygens (including phenoxy) is 1. The van der Waals surface area contributed by atoms with Crippen LogP contribution in [0.1, 0.15) is 124 Å². The lowest BCUT2D eigenvalue weighted by Crippen LogP contribution is -2.58. The first-order chi connectivity index (χ1) is 25.0. The predicted octanol–water partition coefficient (Wildman–Crippen LogP) is 3.71. The molecule has 5 amide bonds. The number of aliphatic hydroxyl groups excluding tert-OH is 1. The van der Waals surface area contributed by atoms with Gasteiger partial charge in [0, 0.05) is 31.0 Å². The molecule has 3 heterocycles. The molecule has 0 spiro atoms. The number of methoxy groups -OCH3 is 1. The molecule has 3 rings (SSSR count). The summed E-state index contributed by atoms with van der Waals surface area (Å²) in [5, 5.41) is 18.2. The van der Waals surface area contributed by atoms with Gasteiger partial charge in [-0.1, -0.05) is 87.3 Å². The molecular formula is C37H63N5O8S2. The van der Waals surface area contributed by atoms with Crippen molar-refractivity contribution in [2.75, 3.05) is 31.7 Å². The van der Waals surface area contributed by atoms with Gasteiger partial charge in [0.25, 0.3) is 0 Å². The van der Waals surface area contributed by atoms with E-state index in [1.54, 1.807) is 9.80 Å². The number of esters is 1. The molecule has 52 heavy (non-hydrogen) atoms. The molecule has 3 saturated heterocycles. The second kappa shape index (κ2) is 23.3. The number of rotatable bonds is 16. The molecule has 0 radical (unpaired) electrons. The van der Waals surface area contributed by atoms with Gasteiger partial charge < -0.3 is 35.6 Å². The Bertz CT molecular complexity index is 1190. The average Bonchev–Trinajstić information content (AvgIpc) is 3.82. The van der Waals surface area contributed by atoms with Gasteiger partial charge in [-0.25, -0.2) is 4.79 Å². The van der Waals surface area contributed by atoms with Crippen LogP contribution in [0.5, 0.6) is 0 Å². The van der Waals surface area contributed by atoms with Crippen LogP contribution in [0.2, 0.25) is 0 Å². The number of nitrogens with one attached hydrogen (secondary N) is 3. The Hall–Kier alpha value is -2.52. The van der Waals surface area contributed by atoms with Crippen LogP contribution in [0.3, 0.4) is 0 Å². The topological polar surface area (TPSA) is 174 Å². The molecule has 0 aromatic heterocycles. The summed E-state index contributed by atoms with van der Waals surface area (Å²) in [4.78, 5) is 84.2. The molecule has 0 saturated carbocycles. The molecule has 0 aliphatic carbocycles. The second-order valence-corrected chi connectivity index (χ2v) is 17.3. The first-order valence-electron chi connectivity index (χ1n) is 19.5. The monoisotopic (exact) mass is 769 g/mol. The number of nitrogens with zero attached hydrogens (tertiary/aromatic N) is 2. The van der Waals surface area contributed by atoms with Gasteiger partial charge in [0.15, 0.2) is 0 Å². The molecule has 0 aromatic carbocycles. The Labute approximate surface area is 318 Å². The molecule has 3 aliphatic rings. The van der Waals surface area contributed by atoms with E-state index in [1.165, 1.54) is 28.7 Å². The summed E-state index contributed by atoms with van der Waals surface area (Å²) in [5.41, 5.74) is 0. The van der Waals surface area contributed by atoms with Gasteiger partial charge in [-0.15, -0.1) is 0 Å². The zero-order chi connectivity index (χ0) is 38.0. The van der Waals surface area contributed by atoms with Crippen LogP contribution in [0.25, 0.3) is 0 Å². The predicted molar refractivity (Wildman–Crippen MR) is 204 cm³/mol. The first kappa shape index (κ1) is 43.9. The van der Waals surface area contributed by atoms with E-state index in [-0.39, 0.29) is 47.7 Å². The molecule has 4 N–H and O–H groups in total. The first-order valence-corrected chi connectivity index (χ1v) is 22.0. The van der Waals surface area contributed by atoms with Crippen LogP contribution >= 0.6 is 21.6 Å². The van der Waals surface area contributed by atoms with Crippen LogP contribution in [0.4, 0.5) is 0 Å². The van der Waals surface area contributed by atoms with Gasteiger partial charge in [0.1, 0.15) is 30.2 Å². The van der Waals surface area contributed by atoms with E-state index >= 15 is 0 Å². The average molecular weight is 770 g/mol. The Kier molecular flexibility index (Phi) is 19.7. The normalized spacial score (nSPS) is 25.6. The van der Waals surface area contributed by atoms with Gasteiger partial charge >= 0.3 is 5.97 Å². The highest BCUT2D eigenvalue weighted by Gasteiger charge is 2.44. The zero-order valence-corrected chi connectivity index (χ0v) is 33.3. The highest BCUT2D eigenvalue weighted by Crippen LogP contribution is 2.29. The lowest BCUT2D eigenvalue weighted by atomic mass is 10.0. The van der Waals surface area contributed by atoms with Crippen molar-refractivity contribution >= 4 is 57.1 Å². The Morgan fingerprint density at radius 2 is 1.44 bits per heavy atom. The zero-order valence-electron chi connectivity index (χ0n) is 31.7. The van der Waals surface area contributed by atoms with Crippen molar-refractivity contribution in [3.05, 3.63) is 0 Å². The van der Waals surface area contributed by atoms with E-state index in [2.05, 4.69) is 16.0 Å². The van der Waals surface area contributed by atoms with Crippen LogP contribution < -0.4 is 16.0 Å². The van der Waals surface area contributed by atoms with Crippen molar-refractivity contribution in [2.24, 2.45) is 5.92 Å². The second-order valence-electron chi connectivity index (χ2n) is 14.8. The molecule has 6 atom stereocenters. The molecule has 13 nitrogen and oxygen atoms in total. The van der Waals surface area contributed by atoms with E-state index in [9.17, 15) is 33.9 Å². The van der Waals surface area contributed by atoms with E-state index < -0.39 is 48.0 Å². The Morgan fingerprint density at radius 1 is 0.846 bits per heavy atom. The minimum absolute atomic E-state index is 0.0605. The third-order valence-corrected chi connectivity index (χ3v) is 12.6. The molecule has 3 fully saturated rings. The third-order valence-electron chi connectivity index (χ3n) is 10.2. The molecular weight excluding hydrogens is 707 g/mol. The highest BCUT2D eigenvalue weighted by atomic mass is 33.1. The summed E-state index contributed by atoms with van der Waals surface area (Å²) < 4.78 is 4.97. The summed E-state index contributed by atoms with van der Waals surface area (Å²) in [6, 6.07) is -4.31. The van der Waals surface area contributed by atoms with Crippen molar-refractivity contribution in [1.82, 2.24) is 25.8 Å². The maximum atomic E-state index is 14.1. The summed E-state index contributed by atoms with van der Waals surface area (Å²) in [7, 11) is 3.82. The van der Waals surface area contributed by atoms with E-state index in [0.29, 0.717) is 51.6 Å². The fourth-order valence-electron chi connectivity index (χ4n) is 7.14. The van der Waals surface area contributed by atoms with Crippen molar-refractivity contribution < 1.29 is 38.6 Å². The van der Waals surface area contributed by atoms with Crippen molar-refractivity contribution in [3.63, 3.8) is 0 Å². The number of unbranched alkanes of at least 4 members (excludes halogenated alkanes) is 7. The summed E-state index contributed by atoms with van der Waals surface area (Å²) in [6.45, 7) is 6.62. The maximum absolute atomic E-state index is 14.1. The van der Waals surface area contributed by atoms with Crippen LogP contribution in [-0.2, 0) is 33.5 Å². The van der Waals surface area contributed by atoms with Gasteiger partial charge in [0.05, 0.1) is 13.2 Å². The highest BCUT2D eigenvalue weighted by molar-refractivity contribution is 8.76. The van der Waals surface area contributed by atoms with E-state index in [0.717, 1.165) is 57.8 Å². The summed E-state index contributed by atoms with van der Waals surface area (Å²) in [6.07, 6.45) is 12.5. The van der Waals surface area contributed by atoms with Gasteiger partial charge in [-0.05, 0) is 57.3 Å². The minimum Gasteiger partial charge on any atom is -0.467 e. The molecule has 0 aromatic rings. The van der Waals surface area contributed by atoms with E-state index in [4.69, 9.17) is 4.74 Å². The minimum atomic E-state index is -0.998. The lowest BCUT2D eigenvalue weighted by Gasteiger charge is -2.33. The summed E-state index contributed by atoms with van der Waals surface area (Å²) >= 11 is 0. The van der Waals surface area contributed by atoms with Gasteiger partial charge in [0.2, 0.25) is 29.5 Å². The molecule has 15 heteroatoms. The van der Waals surface area contributed by atoms with E-state index in [1.807, 2.05) is 20.8 Å². The Morgan fingerprint density at radius 3 is 2.08 bits per heavy atom. The number of carbonyl (C=O) groups is 6. The molecule has 296 valence electrons. The summed E-state index contributed by atoms with van der Waals surface area (Å²) in [5.74, 6) is -2.00. The smallest absolute Gasteiger partial charge is 0.329 e. The number of hydrogen-bond donors (Lipinski definition) is 4. The maximum Gasteiger partial charge on any atom is 0.329 e. The SMILES string of the molecule is CC[C@@H](O)CCCCCCCCCCC(=O)N[C@H]1CSSC[C@@H](C(=O)OC)NC(=O)[C@@H](CC(C)C)NC(=O)[C@@H]2CCCN2C(=O)[C@@H]2CCCN2C1=O. The number of amides is 5. The molecule has 0 unspecified atom stereocenters. The number of hydrogen-bond acceptors (Lipinski definition) is 10. The van der Waals surface area contributed by atoms with Gasteiger partial charge in [-0.2, -0.15) is 0 Å². The number of fused-ring (bicyclic) bond motifs is 2. The fraction of sp³-hybridized carbons (Fsp3) is 0.838. The Balaban J connectivity index is 1.68. The van der Waals surface area contributed by atoms with Crippen molar-refractivity contribution in [3.8, 4) is 0 Å². The molecule has 0 bridgehead atoms. The standard InChI is InChI=1S/C37H63N5O8S2/c1-5-26(43)16-12-10-8-6-7-9-11-13-19-32(44)38-28-23-51-52-24-29(37(49)50-4)40-33(45)27(22-25(2)3)39-34(46)30-17-14-20-41(30)36(48)31-18-15-21-42(31)35(28)47/h25-31,43H,5-24H2,1-4H3,(H,38,44)(H,39,46)(H,40,45)/t26-,27-,28+,29+,30+,31+/m1/s1. The van der Waals surface area contributed by atoms with Crippen LogP contribution in [0, 0.1) is 5.92 Å². The molecule has 3 aliphatic heterocycles. The van der Waals surface area contributed by atoms with Crippen LogP contribution in [-0.4, -0.2) is 118 Å². The van der Waals surface area contributed by atoms with Crippen molar-refractivity contribution in [2.45, 2.75) is 160 Å². The largest absolute Gasteiger partial charge is 0.467 e. The lowest BCUT2D eigenvalue weighted by molar-refractivity contribution is -0.148. The van der Waals surface area contributed by atoms with Gasteiger partial charge in [-0.3, -0.25) is 24.0 Å².